The van der Waals surface area contributed by atoms with E-state index in [9.17, 15) is 0 Å². The highest BCUT2D eigenvalue weighted by Crippen LogP contribution is 2.31. The van der Waals surface area contributed by atoms with Gasteiger partial charge in [-0.15, -0.1) is 0 Å². The molecule has 2 aromatic rings. The number of aromatic nitrogens is 1. The van der Waals surface area contributed by atoms with Crippen molar-refractivity contribution >= 4 is 23.2 Å². The van der Waals surface area contributed by atoms with E-state index in [1.165, 1.54) is 0 Å². The van der Waals surface area contributed by atoms with Gasteiger partial charge in [-0.25, -0.2) is 4.98 Å². The van der Waals surface area contributed by atoms with Crippen molar-refractivity contribution < 1.29 is 4.42 Å². The van der Waals surface area contributed by atoms with Crippen molar-refractivity contribution in [1.82, 2.24) is 4.98 Å². The van der Waals surface area contributed by atoms with Gasteiger partial charge in [0, 0.05) is 10.6 Å². The van der Waals surface area contributed by atoms with Gasteiger partial charge in [-0.2, -0.15) is 0 Å². The molecule has 0 amide bonds. The highest BCUT2D eigenvalue weighted by molar-refractivity contribution is 6.36. The van der Waals surface area contributed by atoms with Crippen molar-refractivity contribution in [3.63, 3.8) is 0 Å². The molecule has 84 valence electrons. The van der Waals surface area contributed by atoms with Gasteiger partial charge in [0.05, 0.1) is 17.3 Å². The lowest BCUT2D eigenvalue weighted by molar-refractivity contribution is 0.474. The molecule has 1 unspecified atom stereocenters. The molecule has 2 N–H and O–H groups in total. The van der Waals surface area contributed by atoms with E-state index in [0.29, 0.717) is 21.7 Å². The van der Waals surface area contributed by atoms with Gasteiger partial charge in [-0.1, -0.05) is 23.2 Å². The molecular formula is C11H10Cl2N2O. The minimum atomic E-state index is -0.236. The first kappa shape index (κ1) is 11.5. The number of rotatable bonds is 2. The summed E-state index contributed by atoms with van der Waals surface area (Å²) in [6.07, 6.45) is 1.60. The smallest absolute Gasteiger partial charge is 0.211 e. The van der Waals surface area contributed by atoms with E-state index < -0.39 is 0 Å². The fourth-order valence-electron chi connectivity index (χ4n) is 1.31. The molecule has 0 aliphatic carbocycles. The van der Waals surface area contributed by atoms with Crippen LogP contribution in [-0.4, -0.2) is 4.98 Å². The van der Waals surface area contributed by atoms with E-state index in [-0.39, 0.29) is 6.04 Å². The molecule has 1 aromatic carbocycles. The third-order valence-corrected chi connectivity index (χ3v) is 2.66. The Labute approximate surface area is 103 Å². The Bertz CT molecular complexity index is 508. The van der Waals surface area contributed by atoms with Crippen molar-refractivity contribution in [3.8, 4) is 11.3 Å². The first-order valence-electron chi connectivity index (χ1n) is 4.74. The Morgan fingerprint density at radius 2 is 2.12 bits per heavy atom. The number of oxazole rings is 1. The number of nitrogens with zero attached hydrogens (tertiary/aromatic N) is 1. The predicted molar refractivity (Wildman–Crippen MR) is 64.6 cm³/mol. The average Bonchev–Trinajstić information content (AvgIpc) is 2.66. The van der Waals surface area contributed by atoms with Crippen LogP contribution >= 0.6 is 23.2 Å². The molecule has 1 atom stereocenters. The zero-order valence-electron chi connectivity index (χ0n) is 8.58. The van der Waals surface area contributed by atoms with Crippen LogP contribution in [0.25, 0.3) is 11.3 Å². The number of halogens is 2. The molecule has 5 heteroatoms. The van der Waals surface area contributed by atoms with Gasteiger partial charge >= 0.3 is 0 Å². The van der Waals surface area contributed by atoms with Crippen molar-refractivity contribution in [3.05, 3.63) is 40.3 Å². The molecule has 0 radical (unpaired) electrons. The van der Waals surface area contributed by atoms with Crippen LogP contribution in [0.5, 0.6) is 0 Å². The second kappa shape index (κ2) is 4.45. The molecular weight excluding hydrogens is 247 g/mol. The standard InChI is InChI=1S/C11H10Cl2N2O/c1-6(14)11-15-5-10(16-11)8-3-2-7(12)4-9(8)13/h2-6H,14H2,1H3. The van der Waals surface area contributed by atoms with Gasteiger partial charge in [-0.3, -0.25) is 0 Å². The van der Waals surface area contributed by atoms with Crippen LogP contribution in [0.15, 0.2) is 28.8 Å². The van der Waals surface area contributed by atoms with Crippen LogP contribution in [0, 0.1) is 0 Å². The van der Waals surface area contributed by atoms with Crippen LogP contribution < -0.4 is 5.73 Å². The highest BCUT2D eigenvalue weighted by Gasteiger charge is 2.12. The van der Waals surface area contributed by atoms with E-state index in [1.807, 2.05) is 0 Å². The minimum Gasteiger partial charge on any atom is -0.439 e. The molecule has 0 saturated carbocycles. The summed E-state index contributed by atoms with van der Waals surface area (Å²) in [5, 5.41) is 1.11. The first-order chi connectivity index (χ1) is 7.58. The summed E-state index contributed by atoms with van der Waals surface area (Å²) in [5.41, 5.74) is 6.41. The normalized spacial score (nSPS) is 12.8. The van der Waals surface area contributed by atoms with Crippen molar-refractivity contribution in [2.75, 3.05) is 0 Å². The van der Waals surface area contributed by atoms with Crippen molar-refractivity contribution in [2.24, 2.45) is 5.73 Å². The lowest BCUT2D eigenvalue weighted by Crippen LogP contribution is -2.04. The SMILES string of the molecule is CC(N)c1ncc(-c2ccc(Cl)cc2Cl)o1. The van der Waals surface area contributed by atoms with Crippen molar-refractivity contribution in [2.45, 2.75) is 13.0 Å². The maximum absolute atomic E-state index is 6.05. The van der Waals surface area contributed by atoms with Crippen LogP contribution in [0.3, 0.4) is 0 Å². The number of hydrogen-bond acceptors (Lipinski definition) is 3. The fraction of sp³-hybridized carbons (Fsp3) is 0.182. The Kier molecular flexibility index (Phi) is 3.19. The Hall–Kier alpha value is -1.03. The summed E-state index contributed by atoms with van der Waals surface area (Å²) in [6.45, 7) is 1.80. The van der Waals surface area contributed by atoms with E-state index in [2.05, 4.69) is 4.98 Å². The van der Waals surface area contributed by atoms with E-state index in [1.54, 1.807) is 31.3 Å². The summed E-state index contributed by atoms with van der Waals surface area (Å²) in [6, 6.07) is 4.96. The second-order valence-electron chi connectivity index (χ2n) is 3.48. The Morgan fingerprint density at radius 3 is 2.69 bits per heavy atom. The van der Waals surface area contributed by atoms with Gasteiger partial charge in [0.25, 0.3) is 0 Å². The molecule has 0 aliphatic rings. The lowest BCUT2D eigenvalue weighted by Gasteiger charge is -2.01. The van der Waals surface area contributed by atoms with Gasteiger partial charge in [-0.05, 0) is 25.1 Å². The molecule has 0 aliphatic heterocycles. The maximum atomic E-state index is 6.05. The van der Waals surface area contributed by atoms with Gasteiger partial charge < -0.3 is 10.2 Å². The summed E-state index contributed by atoms with van der Waals surface area (Å²) in [7, 11) is 0. The molecule has 3 nitrogen and oxygen atoms in total. The number of benzene rings is 1. The predicted octanol–water partition coefficient (Wildman–Crippen LogP) is 3.67. The molecule has 0 spiro atoms. The maximum Gasteiger partial charge on any atom is 0.211 e. The third kappa shape index (κ3) is 2.21. The topological polar surface area (TPSA) is 52.0 Å². The second-order valence-corrected chi connectivity index (χ2v) is 4.32. The summed E-state index contributed by atoms with van der Waals surface area (Å²) >= 11 is 11.9. The van der Waals surface area contributed by atoms with Crippen molar-refractivity contribution in [1.29, 1.82) is 0 Å². The van der Waals surface area contributed by atoms with E-state index in [0.717, 1.165) is 5.56 Å². The van der Waals surface area contributed by atoms with Crippen LogP contribution in [0.2, 0.25) is 10.0 Å². The molecule has 1 heterocycles. The largest absolute Gasteiger partial charge is 0.439 e. The Balaban J connectivity index is 2.42. The fourth-order valence-corrected chi connectivity index (χ4v) is 1.81. The zero-order chi connectivity index (χ0) is 11.7. The summed E-state index contributed by atoms with van der Waals surface area (Å²) in [5.74, 6) is 1.08. The zero-order valence-corrected chi connectivity index (χ0v) is 10.1. The average molecular weight is 257 g/mol. The van der Waals surface area contributed by atoms with Gasteiger partial charge in [0.1, 0.15) is 0 Å². The van der Waals surface area contributed by atoms with Crippen LogP contribution in [0.4, 0.5) is 0 Å². The molecule has 1 aromatic heterocycles. The quantitative estimate of drug-likeness (QED) is 0.892. The number of nitrogens with two attached hydrogens (primary N) is 1. The molecule has 2 rings (SSSR count). The van der Waals surface area contributed by atoms with E-state index in [4.69, 9.17) is 33.4 Å². The third-order valence-electron chi connectivity index (χ3n) is 2.11. The Morgan fingerprint density at radius 1 is 1.38 bits per heavy atom. The number of hydrogen-bond donors (Lipinski definition) is 1. The van der Waals surface area contributed by atoms with Gasteiger partial charge in [0.2, 0.25) is 5.89 Å². The highest BCUT2D eigenvalue weighted by atomic mass is 35.5. The first-order valence-corrected chi connectivity index (χ1v) is 5.50. The lowest BCUT2D eigenvalue weighted by atomic mass is 10.2. The van der Waals surface area contributed by atoms with Crippen LogP contribution in [0.1, 0.15) is 18.9 Å². The molecule has 16 heavy (non-hydrogen) atoms. The molecule has 0 fully saturated rings. The van der Waals surface area contributed by atoms with Crippen LogP contribution in [-0.2, 0) is 0 Å². The van der Waals surface area contributed by atoms with Gasteiger partial charge in [0.15, 0.2) is 5.76 Å². The summed E-state index contributed by atoms with van der Waals surface area (Å²) in [4.78, 5) is 4.07. The van der Waals surface area contributed by atoms with E-state index >= 15 is 0 Å². The molecule has 0 saturated heterocycles. The monoisotopic (exact) mass is 256 g/mol. The minimum absolute atomic E-state index is 0.236. The molecule has 0 bridgehead atoms. The summed E-state index contributed by atoms with van der Waals surface area (Å²) < 4.78 is 5.49.